The SMILES string of the molecule is COC1(OC)C2C=CC1C(C)(C)C2O. The molecule has 0 aromatic rings. The first kappa shape index (κ1) is 10.1. The lowest BCUT2D eigenvalue weighted by Gasteiger charge is -2.34. The molecule has 2 aliphatic carbocycles. The molecule has 0 aromatic heterocycles. The Labute approximate surface area is 84.7 Å². The molecule has 1 saturated carbocycles. The lowest BCUT2D eigenvalue weighted by atomic mass is 9.77. The summed E-state index contributed by atoms with van der Waals surface area (Å²) < 4.78 is 11.0. The van der Waals surface area contributed by atoms with E-state index in [1.165, 1.54) is 0 Å². The Hall–Kier alpha value is -0.380. The molecule has 3 heteroatoms. The first-order valence-electron chi connectivity index (χ1n) is 4.97. The molecule has 2 aliphatic rings. The number of ether oxygens (including phenoxy) is 2. The van der Waals surface area contributed by atoms with Crippen LogP contribution in [0.3, 0.4) is 0 Å². The normalized spacial score (nSPS) is 41.9. The van der Waals surface area contributed by atoms with Crippen LogP contribution in [0.25, 0.3) is 0 Å². The molecule has 1 N–H and O–H groups in total. The Balaban J connectivity index is 2.44. The van der Waals surface area contributed by atoms with Crippen LogP contribution in [0.1, 0.15) is 13.8 Å². The van der Waals surface area contributed by atoms with Gasteiger partial charge in [0.2, 0.25) is 0 Å². The Kier molecular flexibility index (Phi) is 2.04. The Bertz CT molecular complexity index is 266. The van der Waals surface area contributed by atoms with Gasteiger partial charge in [-0.15, -0.1) is 0 Å². The van der Waals surface area contributed by atoms with Crippen LogP contribution in [-0.4, -0.2) is 31.2 Å². The zero-order valence-corrected chi connectivity index (χ0v) is 9.15. The van der Waals surface area contributed by atoms with Crippen molar-refractivity contribution in [3.05, 3.63) is 12.2 Å². The summed E-state index contributed by atoms with van der Waals surface area (Å²) in [4.78, 5) is 0. The van der Waals surface area contributed by atoms with Gasteiger partial charge in [-0.1, -0.05) is 26.0 Å². The highest BCUT2D eigenvalue weighted by atomic mass is 16.7. The van der Waals surface area contributed by atoms with Crippen LogP contribution in [0.4, 0.5) is 0 Å². The third kappa shape index (κ3) is 0.879. The average Bonchev–Trinajstić information content (AvgIpc) is 2.60. The molecular weight excluding hydrogens is 180 g/mol. The summed E-state index contributed by atoms with van der Waals surface area (Å²) in [5, 5.41) is 10.1. The Morgan fingerprint density at radius 2 is 1.71 bits per heavy atom. The maximum absolute atomic E-state index is 10.1. The number of aliphatic hydroxyl groups excluding tert-OH is 1. The van der Waals surface area contributed by atoms with Crippen LogP contribution in [0.5, 0.6) is 0 Å². The van der Waals surface area contributed by atoms with E-state index in [-0.39, 0.29) is 17.3 Å². The van der Waals surface area contributed by atoms with Crippen molar-refractivity contribution in [2.45, 2.75) is 25.7 Å². The number of methoxy groups -OCH3 is 2. The maximum Gasteiger partial charge on any atom is 0.183 e. The van der Waals surface area contributed by atoms with Crippen molar-refractivity contribution < 1.29 is 14.6 Å². The lowest BCUT2D eigenvalue weighted by Crippen LogP contribution is -2.41. The van der Waals surface area contributed by atoms with E-state index in [0.717, 1.165) is 0 Å². The van der Waals surface area contributed by atoms with Crippen LogP contribution >= 0.6 is 0 Å². The van der Waals surface area contributed by atoms with Crippen molar-refractivity contribution in [2.75, 3.05) is 14.2 Å². The number of hydrogen-bond donors (Lipinski definition) is 1. The van der Waals surface area contributed by atoms with Gasteiger partial charge in [0.1, 0.15) is 0 Å². The molecule has 14 heavy (non-hydrogen) atoms. The van der Waals surface area contributed by atoms with Crippen LogP contribution < -0.4 is 0 Å². The average molecular weight is 198 g/mol. The fourth-order valence-electron chi connectivity index (χ4n) is 3.05. The van der Waals surface area contributed by atoms with Gasteiger partial charge in [0.25, 0.3) is 0 Å². The highest BCUT2D eigenvalue weighted by molar-refractivity contribution is 5.26. The van der Waals surface area contributed by atoms with E-state index in [1.807, 2.05) is 6.08 Å². The lowest BCUT2D eigenvalue weighted by molar-refractivity contribution is -0.237. The summed E-state index contributed by atoms with van der Waals surface area (Å²) >= 11 is 0. The second kappa shape index (κ2) is 2.81. The second-order valence-corrected chi connectivity index (χ2v) is 4.78. The van der Waals surface area contributed by atoms with Gasteiger partial charge in [0, 0.05) is 25.6 Å². The Morgan fingerprint density at radius 3 is 2.00 bits per heavy atom. The molecule has 0 radical (unpaired) electrons. The van der Waals surface area contributed by atoms with E-state index in [0.29, 0.717) is 0 Å². The minimum atomic E-state index is -0.650. The van der Waals surface area contributed by atoms with Crippen molar-refractivity contribution in [1.82, 2.24) is 0 Å². The van der Waals surface area contributed by atoms with E-state index < -0.39 is 11.9 Å². The molecular formula is C11H18O3. The third-order valence-electron chi connectivity index (χ3n) is 3.95. The zero-order chi connectivity index (χ0) is 10.6. The van der Waals surface area contributed by atoms with E-state index >= 15 is 0 Å². The van der Waals surface area contributed by atoms with Gasteiger partial charge in [-0.2, -0.15) is 0 Å². The third-order valence-corrected chi connectivity index (χ3v) is 3.95. The first-order chi connectivity index (χ1) is 6.50. The minimum Gasteiger partial charge on any atom is -0.392 e. The quantitative estimate of drug-likeness (QED) is 0.535. The van der Waals surface area contributed by atoms with Gasteiger partial charge < -0.3 is 14.6 Å². The number of hydrogen-bond acceptors (Lipinski definition) is 3. The van der Waals surface area contributed by atoms with Crippen LogP contribution in [-0.2, 0) is 9.47 Å². The molecule has 0 amide bonds. The summed E-state index contributed by atoms with van der Waals surface area (Å²) in [6.45, 7) is 4.11. The van der Waals surface area contributed by atoms with Gasteiger partial charge in [-0.3, -0.25) is 0 Å². The first-order valence-corrected chi connectivity index (χ1v) is 4.97. The summed E-state index contributed by atoms with van der Waals surface area (Å²) in [6.07, 6.45) is 3.72. The number of aliphatic hydroxyl groups is 1. The topological polar surface area (TPSA) is 38.7 Å². The van der Waals surface area contributed by atoms with Crippen molar-refractivity contribution >= 4 is 0 Å². The van der Waals surface area contributed by atoms with E-state index in [9.17, 15) is 5.11 Å². The molecule has 1 fully saturated rings. The van der Waals surface area contributed by atoms with E-state index in [2.05, 4.69) is 19.9 Å². The summed E-state index contributed by atoms with van der Waals surface area (Å²) in [5.41, 5.74) is -0.175. The molecule has 3 unspecified atom stereocenters. The van der Waals surface area contributed by atoms with Gasteiger partial charge in [-0.25, -0.2) is 0 Å². The minimum absolute atomic E-state index is 0.0440. The zero-order valence-electron chi connectivity index (χ0n) is 9.15. The highest BCUT2D eigenvalue weighted by Crippen LogP contribution is 2.59. The fraction of sp³-hybridized carbons (Fsp3) is 0.818. The van der Waals surface area contributed by atoms with Crippen LogP contribution in [0.2, 0.25) is 0 Å². The standard InChI is InChI=1S/C11H18O3/c1-10(2)8-6-5-7(9(10)12)11(8,13-3)14-4/h5-9,12H,1-4H3. The molecule has 0 aromatic carbocycles. The number of rotatable bonds is 2. The smallest absolute Gasteiger partial charge is 0.183 e. The molecule has 3 atom stereocenters. The maximum atomic E-state index is 10.1. The molecule has 0 aliphatic heterocycles. The summed E-state index contributed by atoms with van der Waals surface area (Å²) in [7, 11) is 3.29. The predicted octanol–water partition coefficient (Wildman–Crippen LogP) is 1.18. The van der Waals surface area contributed by atoms with E-state index in [4.69, 9.17) is 9.47 Å². The van der Waals surface area contributed by atoms with Crippen molar-refractivity contribution in [2.24, 2.45) is 17.3 Å². The predicted molar refractivity (Wildman–Crippen MR) is 52.7 cm³/mol. The molecule has 2 bridgehead atoms. The van der Waals surface area contributed by atoms with Gasteiger partial charge in [0.05, 0.1) is 12.0 Å². The fourth-order valence-corrected chi connectivity index (χ4v) is 3.05. The molecule has 80 valence electrons. The van der Waals surface area contributed by atoms with Crippen molar-refractivity contribution in [3.63, 3.8) is 0 Å². The van der Waals surface area contributed by atoms with Crippen molar-refractivity contribution in [1.29, 1.82) is 0 Å². The Morgan fingerprint density at radius 1 is 1.14 bits per heavy atom. The summed E-state index contributed by atoms with van der Waals surface area (Å²) in [5.74, 6) is -0.564. The van der Waals surface area contributed by atoms with Crippen molar-refractivity contribution in [3.8, 4) is 0 Å². The summed E-state index contributed by atoms with van der Waals surface area (Å²) in [6, 6.07) is 0. The van der Waals surface area contributed by atoms with Gasteiger partial charge in [0.15, 0.2) is 5.79 Å². The number of fused-ring (bicyclic) bond motifs is 2. The largest absolute Gasteiger partial charge is 0.392 e. The van der Waals surface area contributed by atoms with Crippen LogP contribution in [0.15, 0.2) is 12.2 Å². The highest BCUT2D eigenvalue weighted by Gasteiger charge is 2.66. The molecule has 2 rings (SSSR count). The molecule has 3 nitrogen and oxygen atoms in total. The molecule has 0 heterocycles. The molecule has 0 saturated heterocycles. The van der Waals surface area contributed by atoms with Gasteiger partial charge >= 0.3 is 0 Å². The monoisotopic (exact) mass is 198 g/mol. The van der Waals surface area contributed by atoms with Gasteiger partial charge in [-0.05, 0) is 0 Å². The van der Waals surface area contributed by atoms with Crippen LogP contribution in [0, 0.1) is 17.3 Å². The van der Waals surface area contributed by atoms with E-state index in [1.54, 1.807) is 14.2 Å². The molecule has 0 spiro atoms. The second-order valence-electron chi connectivity index (χ2n) is 4.78.